The van der Waals surface area contributed by atoms with Crippen LogP contribution >= 0.6 is 0 Å². The minimum atomic E-state index is 0. The summed E-state index contributed by atoms with van der Waals surface area (Å²) in [5.74, 6) is 1.53. The molecule has 1 aliphatic heterocycles. The van der Waals surface area contributed by atoms with Crippen molar-refractivity contribution in [2.45, 2.75) is 0 Å². The second-order valence-electron chi connectivity index (χ2n) is 2.66. The second-order valence-corrected chi connectivity index (χ2v) is 2.66. The van der Waals surface area contributed by atoms with Crippen LogP contribution in [0.2, 0.25) is 0 Å². The van der Waals surface area contributed by atoms with Gasteiger partial charge in [-0.25, -0.2) is 0 Å². The Bertz CT molecular complexity index is 325. The van der Waals surface area contributed by atoms with Crippen molar-refractivity contribution in [1.29, 1.82) is 0 Å². The third kappa shape index (κ3) is 5.13. The number of rotatable bonds is 0. The van der Waals surface area contributed by atoms with Crippen molar-refractivity contribution in [3.63, 3.8) is 0 Å². The Hall–Kier alpha value is 0.368. The van der Waals surface area contributed by atoms with Crippen LogP contribution in [-0.2, 0) is 65.4 Å². The summed E-state index contributed by atoms with van der Waals surface area (Å²) in [4.78, 5) is 7.58. The van der Waals surface area contributed by atoms with E-state index in [1.54, 1.807) is 24.8 Å². The van der Waals surface area contributed by atoms with Crippen molar-refractivity contribution in [1.82, 2.24) is 9.97 Å². The van der Waals surface area contributed by atoms with Gasteiger partial charge in [0.15, 0.2) is 0 Å². The molecular weight excluding hydrogens is 358 g/mol. The minimum absolute atomic E-state index is 0. The van der Waals surface area contributed by atoms with Crippen LogP contribution in [-0.4, -0.2) is 13.2 Å². The molecule has 4 nitrogen and oxygen atoms in total. The van der Waals surface area contributed by atoms with Crippen molar-refractivity contribution in [2.24, 2.45) is 0 Å². The van der Waals surface area contributed by atoms with Gasteiger partial charge < -0.3 is 19.4 Å². The fourth-order valence-electron chi connectivity index (χ4n) is 1.07. The Morgan fingerprint density at radius 1 is 0.812 bits per heavy atom. The molecule has 0 aliphatic carbocycles. The summed E-state index contributed by atoms with van der Waals surface area (Å²) >= 11 is 0. The molecule has 0 saturated carbocycles. The molecule has 2 radical (unpaired) electrons. The van der Waals surface area contributed by atoms with Crippen LogP contribution < -0.4 is 19.4 Å². The minimum Gasteiger partial charge on any atom is -0.670 e. The van der Waals surface area contributed by atoms with Crippen LogP contribution in [0.25, 0.3) is 0 Å². The van der Waals surface area contributed by atoms with Crippen molar-refractivity contribution in [2.75, 3.05) is 13.2 Å². The summed E-state index contributed by atoms with van der Waals surface area (Å²) in [7, 11) is 0. The smallest absolute Gasteiger partial charge is 0.137 e. The predicted molar refractivity (Wildman–Crippen MR) is 50.5 cm³/mol. The molecule has 2 aromatic rings. The quantitative estimate of drug-likeness (QED) is 0.698. The van der Waals surface area contributed by atoms with Gasteiger partial charge in [-0.15, -0.1) is 12.4 Å². The van der Waals surface area contributed by atoms with Crippen molar-refractivity contribution >= 4 is 0 Å². The molecule has 0 unspecified atom stereocenters. The van der Waals surface area contributed by atoms with Gasteiger partial charge in [-0.1, -0.05) is 12.1 Å². The van der Waals surface area contributed by atoms with Crippen LogP contribution in [0.1, 0.15) is 0 Å². The first-order chi connectivity index (χ1) is 6.97. The monoisotopic (exact) mass is 368 g/mol. The van der Waals surface area contributed by atoms with Gasteiger partial charge in [0.05, 0.1) is 0 Å². The largest absolute Gasteiger partial charge is 0.670 e. The first-order valence-corrected chi connectivity index (χ1v) is 4.35. The van der Waals surface area contributed by atoms with Gasteiger partial charge >= 0.3 is 0 Å². The zero-order chi connectivity index (χ0) is 9.64. The van der Waals surface area contributed by atoms with Gasteiger partial charge in [0, 0.05) is 65.4 Å². The first kappa shape index (κ1) is 16.4. The maximum Gasteiger partial charge on any atom is 0.137 e. The van der Waals surface area contributed by atoms with Crippen LogP contribution in [0.4, 0.5) is 0 Å². The van der Waals surface area contributed by atoms with Gasteiger partial charge in [-0.2, -0.15) is 12.4 Å². The standard InChI is InChI=1S/C6H6NO2.C4H4N.2Y/c1-2-9-6-4-7-3-5(6)8-1;1-2-4-5-3-1;;/h3-4H,1-2H2;1-4H;;/q2*-1;;. The van der Waals surface area contributed by atoms with Gasteiger partial charge in [0.2, 0.25) is 0 Å². The Morgan fingerprint density at radius 2 is 1.31 bits per heavy atom. The summed E-state index contributed by atoms with van der Waals surface area (Å²) in [6, 6.07) is 3.78. The fraction of sp³-hybridized carbons (Fsp3) is 0.200. The fourth-order valence-corrected chi connectivity index (χ4v) is 1.07. The molecule has 3 rings (SSSR count). The molecule has 80 valence electrons. The molecule has 16 heavy (non-hydrogen) atoms. The van der Waals surface area contributed by atoms with E-state index in [-0.39, 0.29) is 65.4 Å². The molecule has 1 aliphatic rings. The molecule has 0 fully saturated rings. The number of aromatic nitrogens is 2. The van der Waals surface area contributed by atoms with E-state index in [9.17, 15) is 0 Å². The third-order valence-electron chi connectivity index (χ3n) is 1.68. The van der Waals surface area contributed by atoms with Crippen molar-refractivity contribution < 1.29 is 74.9 Å². The average molecular weight is 368 g/mol. The van der Waals surface area contributed by atoms with Crippen LogP contribution in [0.5, 0.6) is 11.5 Å². The Labute approximate surface area is 145 Å². The van der Waals surface area contributed by atoms with E-state index < -0.39 is 0 Å². The van der Waals surface area contributed by atoms with Crippen molar-refractivity contribution in [3.8, 4) is 11.5 Å². The molecule has 0 saturated heterocycles. The summed E-state index contributed by atoms with van der Waals surface area (Å²) in [6.45, 7) is 1.28. The molecule has 0 bridgehead atoms. The molecule has 0 amide bonds. The van der Waals surface area contributed by atoms with E-state index in [1.165, 1.54) is 0 Å². The normalized spacial score (nSPS) is 11.2. The molecule has 0 spiro atoms. The van der Waals surface area contributed by atoms with E-state index in [0.717, 1.165) is 11.5 Å². The summed E-state index contributed by atoms with van der Waals surface area (Å²) < 4.78 is 10.4. The van der Waals surface area contributed by atoms with Crippen LogP contribution in [0.15, 0.2) is 36.9 Å². The Kier molecular flexibility index (Phi) is 9.62. The zero-order valence-electron chi connectivity index (χ0n) is 8.74. The molecule has 0 atom stereocenters. The molecule has 6 heteroatoms. The SMILES string of the molecule is [Y].[Y].c1[n-]cc2c1OCCO2.c1cc[n-]c1. The van der Waals surface area contributed by atoms with Crippen LogP contribution in [0, 0.1) is 0 Å². The maximum atomic E-state index is 5.18. The number of nitrogens with zero attached hydrogens (tertiary/aromatic N) is 2. The van der Waals surface area contributed by atoms with Gasteiger partial charge in [0.1, 0.15) is 24.7 Å². The van der Waals surface area contributed by atoms with E-state index in [1.807, 2.05) is 12.1 Å². The number of fused-ring (bicyclic) bond motifs is 1. The number of ether oxygens (including phenoxy) is 2. The van der Waals surface area contributed by atoms with Crippen LogP contribution in [0.3, 0.4) is 0 Å². The summed E-state index contributed by atoms with van der Waals surface area (Å²) in [5.41, 5.74) is 0. The maximum absolute atomic E-state index is 5.18. The van der Waals surface area contributed by atoms with Gasteiger partial charge in [-0.05, 0) is 0 Å². The Balaban J connectivity index is 0.000000282. The van der Waals surface area contributed by atoms with E-state index in [0.29, 0.717) is 13.2 Å². The summed E-state index contributed by atoms with van der Waals surface area (Å²) in [5, 5.41) is 0. The molecular formula is C10H10N2O2Y2-2. The third-order valence-corrected chi connectivity index (χ3v) is 1.68. The second kappa shape index (κ2) is 9.40. The topological polar surface area (TPSA) is 46.7 Å². The van der Waals surface area contributed by atoms with E-state index >= 15 is 0 Å². The average Bonchev–Trinajstić information content (AvgIpc) is 2.92. The van der Waals surface area contributed by atoms with E-state index in [4.69, 9.17) is 9.47 Å². The Morgan fingerprint density at radius 3 is 1.69 bits per heavy atom. The molecule has 0 N–H and O–H groups in total. The number of hydrogen-bond acceptors (Lipinski definition) is 2. The predicted octanol–water partition coefficient (Wildman–Crippen LogP) is 1.05. The number of hydrogen-bond donors (Lipinski definition) is 0. The molecule has 3 heterocycles. The molecule has 2 aromatic heterocycles. The van der Waals surface area contributed by atoms with E-state index in [2.05, 4.69) is 9.97 Å². The van der Waals surface area contributed by atoms with Gasteiger partial charge in [-0.3, -0.25) is 0 Å². The summed E-state index contributed by atoms with van der Waals surface area (Å²) in [6.07, 6.45) is 6.82. The first-order valence-electron chi connectivity index (χ1n) is 4.35. The van der Waals surface area contributed by atoms with Crippen molar-refractivity contribution in [3.05, 3.63) is 36.9 Å². The van der Waals surface area contributed by atoms with Gasteiger partial charge in [0.25, 0.3) is 0 Å². The zero-order valence-corrected chi connectivity index (χ0v) is 14.4. The molecule has 0 aromatic carbocycles.